The van der Waals surface area contributed by atoms with Crippen molar-refractivity contribution >= 4 is 17.3 Å². The van der Waals surface area contributed by atoms with Crippen molar-refractivity contribution in [1.29, 1.82) is 0 Å². The second-order valence-electron chi connectivity index (χ2n) is 5.80. The molecule has 0 atom stereocenters. The lowest BCUT2D eigenvalue weighted by Gasteiger charge is -2.24. The van der Waals surface area contributed by atoms with Crippen LogP contribution >= 0.6 is 12.2 Å². The lowest BCUT2D eigenvalue weighted by atomic mass is 10.1. The average Bonchev–Trinajstić information content (AvgIpc) is 2.82. The largest absolute Gasteiger partial charge is 0.360 e. The highest BCUT2D eigenvalue weighted by molar-refractivity contribution is 7.80. The first-order chi connectivity index (χ1) is 7.18. The van der Waals surface area contributed by atoms with E-state index in [0.717, 1.165) is 0 Å². The highest BCUT2D eigenvalue weighted by Gasteiger charge is 2.25. The quantitative estimate of drug-likeness (QED) is 0.591. The molecule has 0 bridgehead atoms. The summed E-state index contributed by atoms with van der Waals surface area (Å²) in [6.07, 6.45) is 2.43. The molecule has 2 N–H and O–H groups in total. The maximum absolute atomic E-state index is 5.20. The van der Waals surface area contributed by atoms with Crippen molar-refractivity contribution in [3.05, 3.63) is 0 Å². The number of rotatable bonds is 3. The van der Waals surface area contributed by atoms with Crippen LogP contribution in [0.4, 0.5) is 0 Å². The monoisotopic (exact) mass is 242 g/mol. The van der Waals surface area contributed by atoms with Gasteiger partial charge in [-0.3, -0.25) is 0 Å². The summed E-state index contributed by atoms with van der Waals surface area (Å²) in [6, 6.07) is 0.565. The molecular weight excluding hydrogens is 220 g/mol. The van der Waals surface area contributed by atoms with Gasteiger partial charge in [-0.2, -0.15) is 10.2 Å². The van der Waals surface area contributed by atoms with E-state index < -0.39 is 5.66 Å². The summed E-state index contributed by atoms with van der Waals surface area (Å²) < 4.78 is 0. The average molecular weight is 242 g/mol. The number of hydrogen-bond donors (Lipinski definition) is 2. The third-order valence-corrected chi connectivity index (χ3v) is 2.15. The normalized spacial score (nSPS) is 17.6. The molecule has 16 heavy (non-hydrogen) atoms. The van der Waals surface area contributed by atoms with Crippen LogP contribution in [0.25, 0.3) is 0 Å². The minimum Gasteiger partial charge on any atom is -0.360 e. The highest BCUT2D eigenvalue weighted by Crippen LogP contribution is 2.19. The maximum Gasteiger partial charge on any atom is 0.168 e. The molecule has 0 amide bonds. The molecule has 92 valence electrons. The topological polar surface area (TPSA) is 48.8 Å². The zero-order valence-corrected chi connectivity index (χ0v) is 11.6. The molecule has 1 saturated carbocycles. The molecule has 0 aromatic rings. The Morgan fingerprint density at radius 2 is 1.69 bits per heavy atom. The van der Waals surface area contributed by atoms with E-state index in [4.69, 9.17) is 12.2 Å². The van der Waals surface area contributed by atoms with Crippen molar-refractivity contribution in [2.45, 2.75) is 64.7 Å². The van der Waals surface area contributed by atoms with Gasteiger partial charge < -0.3 is 10.6 Å². The van der Waals surface area contributed by atoms with Crippen LogP contribution in [0.1, 0.15) is 47.5 Å². The van der Waals surface area contributed by atoms with Crippen molar-refractivity contribution in [1.82, 2.24) is 10.6 Å². The molecule has 0 aromatic heterocycles. The number of thiocarbonyl (C=S) groups is 1. The number of nitrogens with one attached hydrogen (secondary N) is 2. The van der Waals surface area contributed by atoms with Crippen molar-refractivity contribution < 1.29 is 0 Å². The van der Waals surface area contributed by atoms with Crippen LogP contribution in [0.15, 0.2) is 10.2 Å². The van der Waals surface area contributed by atoms with Gasteiger partial charge in [0.05, 0.1) is 5.54 Å². The molecule has 1 aliphatic rings. The van der Waals surface area contributed by atoms with Crippen LogP contribution in [-0.2, 0) is 0 Å². The third-order valence-electron chi connectivity index (χ3n) is 1.93. The summed E-state index contributed by atoms with van der Waals surface area (Å²) in [5.41, 5.74) is -0.600. The van der Waals surface area contributed by atoms with Crippen LogP contribution in [0.3, 0.4) is 0 Å². The number of azo groups is 1. The third kappa shape index (κ3) is 6.00. The summed E-state index contributed by atoms with van der Waals surface area (Å²) in [6.45, 7) is 9.99. The van der Waals surface area contributed by atoms with Crippen LogP contribution in [0, 0.1) is 0 Å². The molecule has 0 unspecified atom stereocenters. The first kappa shape index (κ1) is 13.4. The van der Waals surface area contributed by atoms with Gasteiger partial charge in [0.1, 0.15) is 5.66 Å². The molecule has 0 aromatic carbocycles. The summed E-state index contributed by atoms with van der Waals surface area (Å²) in [4.78, 5) is 0. The fraction of sp³-hybridized carbons (Fsp3) is 0.909. The van der Waals surface area contributed by atoms with Crippen LogP contribution in [0.5, 0.6) is 0 Å². The van der Waals surface area contributed by atoms with Gasteiger partial charge in [0.15, 0.2) is 5.11 Å². The second-order valence-corrected chi connectivity index (χ2v) is 6.21. The van der Waals surface area contributed by atoms with Gasteiger partial charge >= 0.3 is 0 Å². The predicted molar refractivity (Wildman–Crippen MR) is 70.6 cm³/mol. The molecule has 1 aliphatic carbocycles. The summed E-state index contributed by atoms with van der Waals surface area (Å²) >= 11 is 5.20. The van der Waals surface area contributed by atoms with Crippen LogP contribution in [-0.4, -0.2) is 22.4 Å². The Balaban J connectivity index is 2.43. The van der Waals surface area contributed by atoms with Gasteiger partial charge in [-0.25, -0.2) is 0 Å². The molecule has 1 rings (SSSR count). The second kappa shape index (κ2) is 4.65. The summed E-state index contributed by atoms with van der Waals surface area (Å²) in [5, 5.41) is 15.6. The number of nitrogens with zero attached hydrogens (tertiary/aromatic N) is 2. The van der Waals surface area contributed by atoms with Crippen molar-refractivity contribution in [3.8, 4) is 0 Å². The van der Waals surface area contributed by atoms with Crippen molar-refractivity contribution in [3.63, 3.8) is 0 Å². The zero-order chi connectivity index (χ0) is 12.4. The van der Waals surface area contributed by atoms with E-state index in [-0.39, 0.29) is 5.54 Å². The molecular formula is C11H22N4S. The van der Waals surface area contributed by atoms with Crippen LogP contribution < -0.4 is 10.6 Å². The Labute approximate surface area is 103 Å². The highest BCUT2D eigenvalue weighted by atomic mass is 32.1. The molecule has 0 radical (unpaired) electrons. The van der Waals surface area contributed by atoms with Gasteiger partial charge in [0.25, 0.3) is 0 Å². The zero-order valence-electron chi connectivity index (χ0n) is 10.8. The molecule has 5 heteroatoms. The lowest BCUT2D eigenvalue weighted by Crippen LogP contribution is -2.47. The SMILES string of the molecule is CC(C)(C)/N=N/C(C)(C)NC(=S)NC1CC1. The summed E-state index contributed by atoms with van der Waals surface area (Å²) in [5.74, 6) is 0. The Bertz CT molecular complexity index is 287. The van der Waals surface area contributed by atoms with Crippen molar-refractivity contribution in [2.75, 3.05) is 0 Å². The molecule has 0 aliphatic heterocycles. The van der Waals surface area contributed by atoms with E-state index >= 15 is 0 Å². The fourth-order valence-electron chi connectivity index (χ4n) is 1.03. The first-order valence-electron chi connectivity index (χ1n) is 5.71. The molecule has 0 saturated heterocycles. The molecule has 0 spiro atoms. The van der Waals surface area contributed by atoms with Crippen LogP contribution in [0.2, 0.25) is 0 Å². The fourth-order valence-corrected chi connectivity index (χ4v) is 1.44. The Hall–Kier alpha value is -0.710. The van der Waals surface area contributed by atoms with E-state index in [1.54, 1.807) is 0 Å². The maximum atomic E-state index is 5.20. The predicted octanol–water partition coefficient (Wildman–Crippen LogP) is 2.60. The van der Waals surface area contributed by atoms with Gasteiger partial charge in [-0.05, 0) is 59.7 Å². The Kier molecular flexibility index (Phi) is 3.88. The molecule has 1 fully saturated rings. The minimum atomic E-state index is -0.452. The van der Waals surface area contributed by atoms with Gasteiger partial charge in [-0.15, -0.1) is 0 Å². The van der Waals surface area contributed by atoms with E-state index in [2.05, 4.69) is 20.9 Å². The van der Waals surface area contributed by atoms with Crippen molar-refractivity contribution in [2.24, 2.45) is 10.2 Å². The Morgan fingerprint density at radius 1 is 1.12 bits per heavy atom. The van der Waals surface area contributed by atoms with Gasteiger partial charge in [-0.1, -0.05) is 0 Å². The van der Waals surface area contributed by atoms with E-state index in [9.17, 15) is 0 Å². The smallest absolute Gasteiger partial charge is 0.168 e. The van der Waals surface area contributed by atoms with E-state index in [1.165, 1.54) is 12.8 Å². The first-order valence-corrected chi connectivity index (χ1v) is 6.11. The molecule has 4 nitrogen and oxygen atoms in total. The van der Waals surface area contributed by atoms with Gasteiger partial charge in [0, 0.05) is 6.04 Å². The summed E-state index contributed by atoms with van der Waals surface area (Å²) in [7, 11) is 0. The Morgan fingerprint density at radius 3 is 2.12 bits per heavy atom. The molecule has 0 heterocycles. The minimum absolute atomic E-state index is 0.148. The van der Waals surface area contributed by atoms with Gasteiger partial charge in [0.2, 0.25) is 0 Å². The lowest BCUT2D eigenvalue weighted by molar-refractivity contribution is 0.414. The number of hydrogen-bond acceptors (Lipinski definition) is 3. The van der Waals surface area contributed by atoms with E-state index in [1.807, 2.05) is 34.6 Å². The van der Waals surface area contributed by atoms with E-state index in [0.29, 0.717) is 11.2 Å². The standard InChI is InChI=1S/C11H22N4S/c1-10(2,3)14-15-11(4,5)13-9(16)12-8-6-7-8/h8H,6-7H2,1-5H3,(H2,12,13,16)/b15-14+.